The van der Waals surface area contributed by atoms with Gasteiger partial charge < -0.3 is 10.1 Å². The van der Waals surface area contributed by atoms with Gasteiger partial charge in [0.15, 0.2) is 5.65 Å². The second kappa shape index (κ2) is 10.0. The maximum atomic E-state index is 11.9. The number of halogens is 2. The number of aromatic amines is 1. The number of H-pyrrole nitrogens is 1. The number of rotatable bonds is 1. The molecule has 1 fully saturated rings. The fourth-order valence-electron chi connectivity index (χ4n) is 2.39. The minimum Gasteiger partial charge on any atom is -0.379 e. The molecule has 1 saturated heterocycles. The number of piperidine rings is 1. The van der Waals surface area contributed by atoms with Gasteiger partial charge in [0.1, 0.15) is 0 Å². The summed E-state index contributed by atoms with van der Waals surface area (Å²) in [7, 11) is 1.71. The van der Waals surface area contributed by atoms with Gasteiger partial charge >= 0.3 is 5.69 Å². The monoisotopic (exact) mass is 378 g/mol. The molecule has 2 aromatic heterocycles. The molecule has 0 atom stereocenters. The minimum atomic E-state index is -0.0411. The highest BCUT2D eigenvalue weighted by Gasteiger charge is 2.19. The normalized spacial score (nSPS) is 15.0. The van der Waals surface area contributed by atoms with Crippen molar-refractivity contribution >= 4 is 36.0 Å². The first-order valence-electron chi connectivity index (χ1n) is 7.73. The molecule has 0 unspecified atom stereocenters. The van der Waals surface area contributed by atoms with Crippen LogP contribution in [0.2, 0.25) is 0 Å². The van der Waals surface area contributed by atoms with Crippen LogP contribution in [0.4, 0.5) is 0 Å². The van der Waals surface area contributed by atoms with E-state index in [9.17, 15) is 4.79 Å². The number of imidazole rings is 1. The molecule has 24 heavy (non-hydrogen) atoms. The van der Waals surface area contributed by atoms with E-state index >= 15 is 0 Å². The van der Waals surface area contributed by atoms with Gasteiger partial charge in [0.2, 0.25) is 0 Å². The highest BCUT2D eigenvalue weighted by Crippen LogP contribution is 2.20. The fraction of sp³-hybridized carbons (Fsp3) is 0.625. The number of fused-ring (bicyclic) bond motifs is 1. The molecule has 0 saturated carbocycles. The second-order valence-electron chi connectivity index (χ2n) is 6.47. The highest BCUT2D eigenvalue weighted by atomic mass is 35.5. The van der Waals surface area contributed by atoms with Crippen molar-refractivity contribution in [3.8, 4) is 0 Å². The topological polar surface area (TPSA) is 71.9 Å². The zero-order valence-corrected chi connectivity index (χ0v) is 16.3. The van der Waals surface area contributed by atoms with Crippen molar-refractivity contribution in [2.24, 2.45) is 0 Å². The Labute approximate surface area is 155 Å². The lowest BCUT2D eigenvalue weighted by molar-refractivity contribution is 0.0397. The number of nitrogens with zero attached hydrogens (tertiary/aromatic N) is 2. The van der Waals surface area contributed by atoms with Crippen LogP contribution in [0.3, 0.4) is 0 Å². The zero-order valence-electron chi connectivity index (χ0n) is 14.7. The second-order valence-corrected chi connectivity index (χ2v) is 6.47. The Morgan fingerprint density at radius 2 is 1.83 bits per heavy atom. The van der Waals surface area contributed by atoms with E-state index in [0.717, 1.165) is 31.4 Å². The molecule has 6 nitrogen and oxygen atoms in total. The van der Waals surface area contributed by atoms with Gasteiger partial charge in [-0.1, -0.05) is 0 Å². The predicted molar refractivity (Wildman–Crippen MR) is 103 cm³/mol. The van der Waals surface area contributed by atoms with Gasteiger partial charge in [-0.15, -0.1) is 24.8 Å². The molecule has 2 N–H and O–H groups in total. The third-order valence-electron chi connectivity index (χ3n) is 3.78. The van der Waals surface area contributed by atoms with Crippen molar-refractivity contribution in [2.75, 3.05) is 20.2 Å². The highest BCUT2D eigenvalue weighted by molar-refractivity contribution is 5.85. The Morgan fingerprint density at radius 1 is 1.25 bits per heavy atom. The third-order valence-corrected chi connectivity index (χ3v) is 3.78. The van der Waals surface area contributed by atoms with Crippen molar-refractivity contribution in [1.82, 2.24) is 19.9 Å². The molecule has 8 heteroatoms. The average molecular weight is 379 g/mol. The van der Waals surface area contributed by atoms with Gasteiger partial charge in [-0.05, 0) is 58.8 Å². The molecule has 0 aromatic carbocycles. The summed E-state index contributed by atoms with van der Waals surface area (Å²) in [6.07, 6.45) is 3.70. The molecule has 0 amide bonds. The van der Waals surface area contributed by atoms with Crippen molar-refractivity contribution in [3.63, 3.8) is 0 Å². The Balaban J connectivity index is 0.000000581. The Kier molecular flexibility index (Phi) is 9.58. The van der Waals surface area contributed by atoms with Crippen LogP contribution in [0.25, 0.3) is 11.2 Å². The van der Waals surface area contributed by atoms with Crippen molar-refractivity contribution in [3.05, 3.63) is 28.8 Å². The number of pyridine rings is 1. The number of hydrogen-bond acceptors (Lipinski definition) is 4. The summed E-state index contributed by atoms with van der Waals surface area (Å²) < 4.78 is 6.79. The van der Waals surface area contributed by atoms with Crippen LogP contribution in [-0.2, 0) is 4.74 Å². The maximum absolute atomic E-state index is 11.9. The number of hydrogen-bond donors (Lipinski definition) is 2. The summed E-state index contributed by atoms with van der Waals surface area (Å²) >= 11 is 0. The Bertz CT molecular complexity index is 658. The molecule has 3 rings (SSSR count). The molecule has 2 aromatic rings. The Hall–Kier alpha value is -1.08. The molecule has 0 aliphatic carbocycles. The molecule has 0 radical (unpaired) electrons. The first kappa shape index (κ1) is 22.9. The van der Waals surface area contributed by atoms with Crippen LogP contribution in [0.5, 0.6) is 0 Å². The van der Waals surface area contributed by atoms with Crippen LogP contribution >= 0.6 is 24.8 Å². The van der Waals surface area contributed by atoms with E-state index in [1.807, 2.05) is 37.5 Å². The summed E-state index contributed by atoms with van der Waals surface area (Å²) in [6.45, 7) is 8.01. The summed E-state index contributed by atoms with van der Waals surface area (Å²) in [5, 5.41) is 3.30. The molecular formula is C16H28Cl2N4O2. The fourth-order valence-corrected chi connectivity index (χ4v) is 2.39. The lowest BCUT2D eigenvalue weighted by atomic mass is 10.1. The van der Waals surface area contributed by atoms with Gasteiger partial charge in [0.25, 0.3) is 0 Å². The van der Waals surface area contributed by atoms with E-state index < -0.39 is 0 Å². The first-order valence-corrected chi connectivity index (χ1v) is 7.73. The van der Waals surface area contributed by atoms with Gasteiger partial charge in [-0.2, -0.15) is 0 Å². The summed E-state index contributed by atoms with van der Waals surface area (Å²) in [5.74, 6) is 0. The van der Waals surface area contributed by atoms with Crippen molar-refractivity contribution < 1.29 is 4.74 Å². The summed E-state index contributed by atoms with van der Waals surface area (Å²) in [4.78, 5) is 18.9. The largest absolute Gasteiger partial charge is 0.379 e. The van der Waals surface area contributed by atoms with E-state index in [0.29, 0.717) is 11.7 Å². The molecule has 3 heterocycles. The van der Waals surface area contributed by atoms with Crippen molar-refractivity contribution in [1.29, 1.82) is 0 Å². The van der Waals surface area contributed by atoms with Crippen LogP contribution in [-0.4, -0.2) is 40.3 Å². The van der Waals surface area contributed by atoms with E-state index in [1.54, 1.807) is 13.3 Å². The van der Waals surface area contributed by atoms with Gasteiger partial charge in [-0.3, -0.25) is 9.55 Å². The molecule has 0 bridgehead atoms. The maximum Gasteiger partial charge on any atom is 0.327 e. The third kappa shape index (κ3) is 6.09. The van der Waals surface area contributed by atoms with Crippen LogP contribution in [0.15, 0.2) is 23.1 Å². The standard InChI is InChI=1S/C11H14N4O.C5H12O.2ClH/c16-11-14-10-9(2-1-5-13-10)15(11)8-3-6-12-7-4-8;1-5(2,3)6-4;;/h1-2,5,8,12H,3-4,6-7H2,(H,13,14,16);1-4H3;2*1H. The van der Waals surface area contributed by atoms with E-state index in [2.05, 4.69) is 15.3 Å². The van der Waals surface area contributed by atoms with E-state index in [1.165, 1.54) is 0 Å². The number of nitrogens with one attached hydrogen (secondary N) is 2. The molecule has 0 spiro atoms. The lowest BCUT2D eigenvalue weighted by Gasteiger charge is -2.23. The van der Waals surface area contributed by atoms with Crippen molar-refractivity contribution in [2.45, 2.75) is 45.3 Å². The zero-order chi connectivity index (χ0) is 16.2. The smallest absolute Gasteiger partial charge is 0.327 e. The van der Waals surface area contributed by atoms with Gasteiger partial charge in [0.05, 0.1) is 11.1 Å². The molecule has 1 aliphatic rings. The number of methoxy groups -OCH3 is 1. The summed E-state index contributed by atoms with van der Waals surface area (Å²) in [5.41, 5.74) is 1.60. The Morgan fingerprint density at radius 3 is 2.38 bits per heavy atom. The SMILES string of the molecule is COC(C)(C)C.Cl.Cl.O=c1[nH]c2ncccc2n1C1CCNCC1. The first-order chi connectivity index (χ1) is 10.4. The minimum absolute atomic E-state index is 0. The quantitative estimate of drug-likeness (QED) is 0.799. The number of aromatic nitrogens is 3. The number of ether oxygens (including phenoxy) is 1. The average Bonchev–Trinajstić information content (AvgIpc) is 2.84. The van der Waals surface area contributed by atoms with Gasteiger partial charge in [-0.25, -0.2) is 9.78 Å². The van der Waals surface area contributed by atoms with E-state index in [-0.39, 0.29) is 36.1 Å². The predicted octanol–water partition coefficient (Wildman–Crippen LogP) is 2.92. The molecule has 1 aliphatic heterocycles. The lowest BCUT2D eigenvalue weighted by Crippen LogP contribution is -2.33. The summed E-state index contributed by atoms with van der Waals surface area (Å²) in [6, 6.07) is 4.11. The molecular weight excluding hydrogens is 351 g/mol. The van der Waals surface area contributed by atoms with Crippen LogP contribution in [0, 0.1) is 0 Å². The van der Waals surface area contributed by atoms with Crippen LogP contribution < -0.4 is 11.0 Å². The van der Waals surface area contributed by atoms with Gasteiger partial charge in [0, 0.05) is 19.3 Å². The molecule has 138 valence electrons. The van der Waals surface area contributed by atoms with E-state index in [4.69, 9.17) is 4.74 Å². The van der Waals surface area contributed by atoms with Crippen LogP contribution in [0.1, 0.15) is 39.7 Å².